The third-order valence-electron chi connectivity index (χ3n) is 5.78. The van der Waals surface area contributed by atoms with Gasteiger partial charge in [0.15, 0.2) is 6.10 Å². The van der Waals surface area contributed by atoms with Crippen LogP contribution >= 0.6 is 0 Å². The predicted molar refractivity (Wildman–Crippen MR) is 120 cm³/mol. The van der Waals surface area contributed by atoms with Crippen molar-refractivity contribution >= 4 is 11.7 Å². The molecule has 1 aromatic heterocycles. The van der Waals surface area contributed by atoms with Crippen molar-refractivity contribution < 1.29 is 9.63 Å². The molecule has 2 aromatic carbocycles. The molecule has 0 spiro atoms. The molecule has 1 unspecified atom stereocenters. The zero-order chi connectivity index (χ0) is 21.9. The quantitative estimate of drug-likeness (QED) is 0.666. The molecule has 3 heterocycles. The van der Waals surface area contributed by atoms with Crippen LogP contribution in [0.2, 0.25) is 0 Å². The molecule has 8 nitrogen and oxygen atoms in total. The lowest BCUT2D eigenvalue weighted by molar-refractivity contribution is 0.0845. The summed E-state index contributed by atoms with van der Waals surface area (Å²) < 4.78 is 0. The third kappa shape index (κ3) is 4.25. The summed E-state index contributed by atoms with van der Waals surface area (Å²) in [7, 11) is 0. The number of rotatable bonds is 4. The lowest BCUT2D eigenvalue weighted by Crippen LogP contribution is -2.45. The normalized spacial score (nSPS) is 17.3. The summed E-state index contributed by atoms with van der Waals surface area (Å²) in [5, 5.41) is 13.6. The number of fused-ring (bicyclic) bond motifs is 1. The average molecular weight is 429 g/mol. The number of hydrogen-bond acceptors (Lipinski definition) is 5. The Kier molecular flexibility index (Phi) is 5.41. The molecule has 0 aliphatic carbocycles. The molecular weight excluding hydrogens is 406 g/mol. The van der Waals surface area contributed by atoms with Gasteiger partial charge in [-0.1, -0.05) is 59.8 Å². The van der Waals surface area contributed by atoms with Crippen LogP contribution in [-0.2, 0) is 17.8 Å². The molecule has 3 aromatic rings. The number of aromatic nitrogens is 2. The number of aromatic amines is 1. The summed E-state index contributed by atoms with van der Waals surface area (Å²) >= 11 is 0. The van der Waals surface area contributed by atoms with Crippen molar-refractivity contribution in [2.45, 2.75) is 25.5 Å². The van der Waals surface area contributed by atoms with Crippen molar-refractivity contribution in [1.29, 1.82) is 0 Å². The van der Waals surface area contributed by atoms with E-state index < -0.39 is 0 Å². The van der Waals surface area contributed by atoms with Gasteiger partial charge in [-0.25, -0.2) is 9.89 Å². The first-order chi connectivity index (χ1) is 15.7. The molecule has 2 N–H and O–H groups in total. The third-order valence-corrected chi connectivity index (χ3v) is 5.78. The number of nitrogens with one attached hydrogen (secondary N) is 2. The van der Waals surface area contributed by atoms with Gasteiger partial charge in [0, 0.05) is 37.6 Å². The van der Waals surface area contributed by atoms with Gasteiger partial charge in [-0.3, -0.25) is 4.79 Å². The highest BCUT2D eigenvalue weighted by Gasteiger charge is 2.26. The second kappa shape index (κ2) is 8.66. The summed E-state index contributed by atoms with van der Waals surface area (Å²) in [6.07, 6.45) is 1.04. The summed E-state index contributed by atoms with van der Waals surface area (Å²) in [5.74, 6) is 0. The molecular formula is C24H23N5O3. The molecule has 2 amide bonds. The van der Waals surface area contributed by atoms with Crippen molar-refractivity contribution in [2.24, 2.45) is 5.16 Å². The van der Waals surface area contributed by atoms with E-state index >= 15 is 0 Å². The van der Waals surface area contributed by atoms with Crippen LogP contribution in [0.25, 0.3) is 11.1 Å². The fourth-order valence-corrected chi connectivity index (χ4v) is 4.03. The van der Waals surface area contributed by atoms with Crippen LogP contribution in [0.15, 0.2) is 70.6 Å². The molecule has 32 heavy (non-hydrogen) atoms. The van der Waals surface area contributed by atoms with E-state index in [1.54, 1.807) is 4.90 Å². The minimum absolute atomic E-state index is 0.180. The summed E-state index contributed by atoms with van der Waals surface area (Å²) in [4.78, 5) is 31.3. The summed E-state index contributed by atoms with van der Waals surface area (Å²) in [6.45, 7) is 1.29. The van der Waals surface area contributed by atoms with Gasteiger partial charge in [0.25, 0.3) is 5.56 Å². The number of carbonyl (C=O) groups is 1. The summed E-state index contributed by atoms with van der Waals surface area (Å²) in [6, 6.07) is 19.8. The second-order valence-corrected chi connectivity index (χ2v) is 7.97. The minimum Gasteiger partial charge on any atom is -0.390 e. The fourth-order valence-electron chi connectivity index (χ4n) is 4.03. The number of H-pyrrole nitrogens is 1. The van der Waals surface area contributed by atoms with Gasteiger partial charge in [-0.15, -0.1) is 0 Å². The monoisotopic (exact) mass is 429 g/mol. The maximum atomic E-state index is 12.6. The number of benzene rings is 2. The molecule has 0 saturated carbocycles. The molecule has 0 saturated heterocycles. The number of oxime groups is 1. The Hall–Kier alpha value is -3.94. The van der Waals surface area contributed by atoms with Crippen LogP contribution in [0.3, 0.4) is 0 Å². The lowest BCUT2D eigenvalue weighted by atomic mass is 10.0. The Morgan fingerprint density at radius 3 is 2.66 bits per heavy atom. The molecule has 8 heteroatoms. The van der Waals surface area contributed by atoms with E-state index in [0.717, 1.165) is 28.1 Å². The zero-order valence-corrected chi connectivity index (χ0v) is 17.5. The average Bonchev–Trinajstić information content (AvgIpc) is 3.32. The van der Waals surface area contributed by atoms with E-state index in [1.807, 2.05) is 30.3 Å². The number of carbonyl (C=O) groups excluding carboxylic acids is 1. The van der Waals surface area contributed by atoms with Crippen LogP contribution in [0, 0.1) is 0 Å². The van der Waals surface area contributed by atoms with Gasteiger partial charge in [0.2, 0.25) is 0 Å². The van der Waals surface area contributed by atoms with Gasteiger partial charge in [0.05, 0.1) is 18.0 Å². The van der Waals surface area contributed by atoms with Crippen LogP contribution in [0.4, 0.5) is 4.79 Å². The topological polar surface area (TPSA) is 99.7 Å². The van der Waals surface area contributed by atoms with Crippen molar-refractivity contribution in [2.75, 3.05) is 13.1 Å². The molecule has 1 atom stereocenters. The Morgan fingerprint density at radius 2 is 1.84 bits per heavy atom. The molecule has 162 valence electrons. The number of urea groups is 1. The van der Waals surface area contributed by atoms with E-state index in [1.165, 1.54) is 11.6 Å². The van der Waals surface area contributed by atoms with E-state index in [9.17, 15) is 9.59 Å². The van der Waals surface area contributed by atoms with Gasteiger partial charge in [0.1, 0.15) is 0 Å². The predicted octanol–water partition coefficient (Wildman–Crippen LogP) is 2.70. The molecule has 5 rings (SSSR count). The second-order valence-electron chi connectivity index (χ2n) is 7.97. The van der Waals surface area contributed by atoms with Crippen LogP contribution in [0.5, 0.6) is 0 Å². The SMILES string of the molecule is O=C(NCC1CC(c2ccc(-c3ccccc3)cc2)=NO1)N1CCc2n[nH]c(=O)cc2C1. The standard InChI is InChI=1S/C24H23N5O3/c30-23-12-19-15-29(11-10-21(19)26-27-23)24(31)25-14-20-13-22(28-32-20)18-8-6-17(7-9-18)16-4-2-1-3-5-16/h1-9,12,20H,10-11,13-15H2,(H,25,31)(H,27,30). The van der Waals surface area contributed by atoms with E-state index in [0.29, 0.717) is 32.5 Å². The Balaban J connectivity index is 1.14. The van der Waals surface area contributed by atoms with E-state index in [2.05, 4.69) is 44.9 Å². The van der Waals surface area contributed by atoms with E-state index in [-0.39, 0.29) is 17.7 Å². The van der Waals surface area contributed by atoms with E-state index in [4.69, 9.17) is 4.84 Å². The molecule has 0 fully saturated rings. The fraction of sp³-hybridized carbons (Fsp3) is 0.250. The zero-order valence-electron chi connectivity index (χ0n) is 17.5. The van der Waals surface area contributed by atoms with Gasteiger partial charge >= 0.3 is 6.03 Å². The minimum atomic E-state index is -0.258. The van der Waals surface area contributed by atoms with Crippen LogP contribution in [-0.4, -0.2) is 46.0 Å². The highest BCUT2D eigenvalue weighted by atomic mass is 16.6. The first-order valence-electron chi connectivity index (χ1n) is 10.6. The Bertz CT molecular complexity index is 1200. The number of hydrogen-bond donors (Lipinski definition) is 2. The van der Waals surface area contributed by atoms with Gasteiger partial charge in [-0.05, 0) is 16.7 Å². The Labute approximate surface area is 184 Å². The Morgan fingerprint density at radius 1 is 1.09 bits per heavy atom. The largest absolute Gasteiger partial charge is 0.390 e. The van der Waals surface area contributed by atoms with Crippen molar-refractivity contribution in [1.82, 2.24) is 20.4 Å². The highest BCUT2D eigenvalue weighted by Crippen LogP contribution is 2.22. The van der Waals surface area contributed by atoms with Gasteiger partial charge < -0.3 is 15.1 Å². The molecule has 2 aliphatic rings. The number of nitrogens with zero attached hydrogens (tertiary/aromatic N) is 3. The maximum absolute atomic E-state index is 12.6. The molecule has 0 radical (unpaired) electrons. The van der Waals surface area contributed by atoms with Crippen molar-refractivity contribution in [3.05, 3.63) is 87.8 Å². The molecule has 2 aliphatic heterocycles. The first-order valence-corrected chi connectivity index (χ1v) is 10.6. The lowest BCUT2D eigenvalue weighted by Gasteiger charge is -2.28. The smallest absolute Gasteiger partial charge is 0.317 e. The van der Waals surface area contributed by atoms with Crippen LogP contribution in [0.1, 0.15) is 23.2 Å². The maximum Gasteiger partial charge on any atom is 0.317 e. The summed E-state index contributed by atoms with van der Waals surface area (Å²) in [5.41, 5.74) is 5.58. The van der Waals surface area contributed by atoms with Crippen molar-refractivity contribution in [3.63, 3.8) is 0 Å². The highest BCUT2D eigenvalue weighted by molar-refractivity contribution is 6.01. The number of amides is 2. The first kappa shape index (κ1) is 20.0. The van der Waals surface area contributed by atoms with Gasteiger partial charge in [-0.2, -0.15) is 5.10 Å². The molecule has 0 bridgehead atoms. The van der Waals surface area contributed by atoms with Crippen LogP contribution < -0.4 is 10.9 Å². The van der Waals surface area contributed by atoms with Crippen molar-refractivity contribution in [3.8, 4) is 11.1 Å².